The minimum Gasteiger partial charge on any atom is -0.326 e. The number of aryl methyl sites for hydroxylation is 1. The quantitative estimate of drug-likeness (QED) is 0.734. The second-order valence-electron chi connectivity index (χ2n) is 7.49. The van der Waals surface area contributed by atoms with Crippen molar-refractivity contribution in [1.29, 1.82) is 0 Å². The second-order valence-corrected chi connectivity index (χ2v) is 9.72. The van der Waals surface area contributed by atoms with E-state index >= 15 is 0 Å². The van der Waals surface area contributed by atoms with E-state index in [-0.39, 0.29) is 35.7 Å². The zero-order valence-electron chi connectivity index (χ0n) is 16.3. The molecule has 2 atom stereocenters. The molecule has 28 heavy (non-hydrogen) atoms. The molecule has 1 amide bonds. The Balaban J connectivity index is 1.65. The maximum atomic E-state index is 13.7. The van der Waals surface area contributed by atoms with Gasteiger partial charge in [-0.05, 0) is 32.4 Å². The summed E-state index contributed by atoms with van der Waals surface area (Å²) >= 11 is 0. The van der Waals surface area contributed by atoms with Crippen molar-refractivity contribution in [1.82, 2.24) is 9.78 Å². The van der Waals surface area contributed by atoms with Crippen LogP contribution in [0.25, 0.3) is 0 Å². The molecule has 1 saturated heterocycles. The van der Waals surface area contributed by atoms with E-state index < -0.39 is 15.7 Å². The van der Waals surface area contributed by atoms with Gasteiger partial charge in [0.2, 0.25) is 0 Å². The van der Waals surface area contributed by atoms with E-state index in [0.29, 0.717) is 13.0 Å². The highest BCUT2D eigenvalue weighted by Crippen LogP contribution is 2.26. The molecule has 0 saturated carbocycles. The van der Waals surface area contributed by atoms with Gasteiger partial charge in [-0.2, -0.15) is 5.10 Å². The lowest BCUT2D eigenvalue weighted by Crippen LogP contribution is -3.08. The van der Waals surface area contributed by atoms with Crippen molar-refractivity contribution >= 4 is 21.4 Å². The summed E-state index contributed by atoms with van der Waals surface area (Å²) < 4.78 is 39.0. The summed E-state index contributed by atoms with van der Waals surface area (Å²) in [6.07, 6.45) is 0.581. The van der Waals surface area contributed by atoms with Gasteiger partial charge in [0, 0.05) is 5.69 Å². The highest BCUT2D eigenvalue weighted by atomic mass is 32.2. The van der Waals surface area contributed by atoms with E-state index in [2.05, 4.69) is 10.4 Å². The van der Waals surface area contributed by atoms with E-state index in [1.54, 1.807) is 12.1 Å². The van der Waals surface area contributed by atoms with Crippen molar-refractivity contribution in [2.75, 3.05) is 30.4 Å². The van der Waals surface area contributed by atoms with Crippen LogP contribution in [0.15, 0.2) is 24.3 Å². The molecule has 7 nitrogen and oxygen atoms in total. The van der Waals surface area contributed by atoms with Gasteiger partial charge >= 0.3 is 0 Å². The topological polar surface area (TPSA) is 85.5 Å². The van der Waals surface area contributed by atoms with Crippen LogP contribution in [0.1, 0.15) is 29.4 Å². The number of amides is 1. The third-order valence-corrected chi connectivity index (χ3v) is 6.87. The van der Waals surface area contributed by atoms with Gasteiger partial charge in [0.25, 0.3) is 5.91 Å². The zero-order chi connectivity index (χ0) is 20.5. The summed E-state index contributed by atoms with van der Waals surface area (Å²) in [5.74, 6) is -0.408. The van der Waals surface area contributed by atoms with Gasteiger partial charge in [-0.3, -0.25) is 9.48 Å². The average molecular weight is 410 g/mol. The molecule has 0 spiro atoms. The van der Waals surface area contributed by atoms with Crippen molar-refractivity contribution < 1.29 is 22.5 Å². The molecule has 0 radical (unpaired) electrons. The Morgan fingerprint density at radius 3 is 2.71 bits per heavy atom. The third-order valence-electron chi connectivity index (χ3n) is 5.12. The molecule has 2 aromatic rings. The van der Waals surface area contributed by atoms with Crippen molar-refractivity contribution in [2.45, 2.75) is 32.9 Å². The predicted molar refractivity (Wildman–Crippen MR) is 104 cm³/mol. The third kappa shape index (κ3) is 4.59. The maximum Gasteiger partial charge on any atom is 0.279 e. The summed E-state index contributed by atoms with van der Waals surface area (Å²) in [5, 5.41) is 7.15. The summed E-state index contributed by atoms with van der Waals surface area (Å²) in [5.41, 5.74) is 2.97. The average Bonchev–Trinajstić information content (AvgIpc) is 3.10. The van der Waals surface area contributed by atoms with E-state index in [1.807, 2.05) is 25.6 Å². The summed E-state index contributed by atoms with van der Waals surface area (Å²) in [7, 11) is -1.10. The normalized spacial score (nSPS) is 19.5. The van der Waals surface area contributed by atoms with Crippen molar-refractivity contribution in [3.05, 3.63) is 47.0 Å². The monoisotopic (exact) mass is 409 g/mol. The molecule has 3 rings (SSSR count). The molecular weight excluding hydrogens is 383 g/mol. The molecule has 1 aliphatic rings. The molecule has 1 aromatic carbocycles. The first-order valence-corrected chi connectivity index (χ1v) is 11.1. The predicted octanol–water partition coefficient (Wildman–Crippen LogP) is 0.652. The largest absolute Gasteiger partial charge is 0.326 e. The molecule has 9 heteroatoms. The van der Waals surface area contributed by atoms with Gasteiger partial charge in [0.05, 0.1) is 41.5 Å². The molecule has 152 valence electrons. The van der Waals surface area contributed by atoms with Crippen molar-refractivity contribution in [3.8, 4) is 0 Å². The van der Waals surface area contributed by atoms with Gasteiger partial charge in [-0.25, -0.2) is 12.8 Å². The molecule has 2 N–H and O–H groups in total. The fourth-order valence-electron chi connectivity index (χ4n) is 3.67. The van der Waals surface area contributed by atoms with Gasteiger partial charge < -0.3 is 10.2 Å². The molecule has 1 unspecified atom stereocenters. The number of sulfone groups is 1. The molecule has 1 fully saturated rings. The van der Waals surface area contributed by atoms with E-state index in [9.17, 15) is 17.6 Å². The van der Waals surface area contributed by atoms with Crippen LogP contribution in [0, 0.1) is 19.7 Å². The van der Waals surface area contributed by atoms with Crippen LogP contribution in [0.3, 0.4) is 0 Å². The fraction of sp³-hybridized carbons (Fsp3) is 0.474. The molecule has 1 aliphatic heterocycles. The summed E-state index contributed by atoms with van der Waals surface area (Å²) in [6, 6.07) is 5.94. The first-order valence-electron chi connectivity index (χ1n) is 9.27. The number of hydrogen-bond donors (Lipinski definition) is 2. The Morgan fingerprint density at radius 2 is 2.07 bits per heavy atom. The fourth-order valence-corrected chi connectivity index (χ4v) is 5.36. The van der Waals surface area contributed by atoms with Crippen LogP contribution < -0.4 is 10.2 Å². The minimum absolute atomic E-state index is 0.123. The Morgan fingerprint density at radius 1 is 1.36 bits per heavy atom. The van der Waals surface area contributed by atoms with Gasteiger partial charge in [-0.15, -0.1) is 0 Å². The van der Waals surface area contributed by atoms with Crippen LogP contribution in [-0.2, 0) is 21.2 Å². The number of aromatic nitrogens is 2. The van der Waals surface area contributed by atoms with Crippen LogP contribution in [0.4, 0.5) is 10.1 Å². The van der Waals surface area contributed by atoms with Crippen LogP contribution in [0.5, 0.6) is 0 Å². The lowest BCUT2D eigenvalue weighted by atomic mass is 10.1. The van der Waals surface area contributed by atoms with E-state index in [0.717, 1.165) is 21.9 Å². The number of nitrogens with zero attached hydrogens (tertiary/aromatic N) is 2. The number of likely N-dealkylation sites (N-methyl/N-ethyl adjacent to an activating group) is 1. The Hall–Kier alpha value is -2.26. The van der Waals surface area contributed by atoms with Gasteiger partial charge in [0.1, 0.15) is 12.4 Å². The number of para-hydroxylation sites is 1. The number of quaternary nitrogens is 1. The number of carbonyl (C=O) groups excluding carboxylic acids is 1. The number of benzene rings is 1. The van der Waals surface area contributed by atoms with Crippen LogP contribution in [0.2, 0.25) is 0 Å². The molecule has 2 heterocycles. The van der Waals surface area contributed by atoms with E-state index in [4.69, 9.17) is 0 Å². The minimum atomic E-state index is -2.99. The Labute approximate surface area is 164 Å². The highest BCUT2D eigenvalue weighted by molar-refractivity contribution is 7.91. The van der Waals surface area contributed by atoms with Crippen LogP contribution >= 0.6 is 0 Å². The summed E-state index contributed by atoms with van der Waals surface area (Å²) in [4.78, 5) is 13.2. The first kappa shape index (κ1) is 20.5. The smallest absolute Gasteiger partial charge is 0.279 e. The number of anilines is 1. The van der Waals surface area contributed by atoms with Gasteiger partial charge in [-0.1, -0.05) is 12.1 Å². The van der Waals surface area contributed by atoms with Gasteiger partial charge in [0.15, 0.2) is 16.4 Å². The lowest BCUT2D eigenvalue weighted by Gasteiger charge is -2.15. The van der Waals surface area contributed by atoms with E-state index in [1.165, 1.54) is 12.1 Å². The number of carbonyl (C=O) groups is 1. The van der Waals surface area contributed by atoms with Crippen molar-refractivity contribution in [3.63, 3.8) is 0 Å². The summed E-state index contributed by atoms with van der Waals surface area (Å²) in [6.45, 7) is 4.58. The van der Waals surface area contributed by atoms with Crippen LogP contribution in [-0.4, -0.2) is 49.2 Å². The highest BCUT2D eigenvalue weighted by Gasteiger charge is 2.32. The second kappa shape index (κ2) is 8.00. The first-order chi connectivity index (χ1) is 13.2. The number of halogens is 1. The Kier molecular flexibility index (Phi) is 5.85. The zero-order valence-corrected chi connectivity index (χ0v) is 17.1. The number of nitrogens with one attached hydrogen (secondary N) is 2. The molecule has 0 aliphatic carbocycles. The van der Waals surface area contributed by atoms with Crippen molar-refractivity contribution in [2.24, 2.45) is 0 Å². The molecule has 0 bridgehead atoms. The standard InChI is InChI=1S/C19H25FN4O3S/c1-13-16(14(2)24(22-13)15-8-9-28(26,27)12-15)10-23(3)11-19(25)21-18-7-5-4-6-17(18)20/h4-7,15H,8-12H2,1-3H3,(H,21,25)/p+1/t15-/m0/s1. The molecule has 1 aromatic heterocycles. The Bertz CT molecular complexity index is 987. The lowest BCUT2D eigenvalue weighted by molar-refractivity contribution is -0.885. The SMILES string of the molecule is Cc1nn([C@H]2CCS(=O)(=O)C2)c(C)c1C[NH+](C)CC(=O)Nc1ccccc1F. The molecular formula is C19H26FN4O3S+. The maximum absolute atomic E-state index is 13.7. The number of rotatable bonds is 6. The number of hydrogen-bond acceptors (Lipinski definition) is 4.